The van der Waals surface area contributed by atoms with E-state index in [1.165, 1.54) is 23.9 Å². The quantitative estimate of drug-likeness (QED) is 0.479. The summed E-state index contributed by atoms with van der Waals surface area (Å²) in [4.78, 5) is 4.24. The molecule has 124 valence electrons. The lowest BCUT2D eigenvalue weighted by molar-refractivity contribution is 0.529. The van der Waals surface area contributed by atoms with Crippen LogP contribution in [0.3, 0.4) is 0 Å². The number of furan rings is 1. The molecule has 7 heteroatoms. The average molecular weight is 353 g/mol. The molecule has 4 aromatic rings. The second-order valence-electron chi connectivity index (χ2n) is 5.15. The van der Waals surface area contributed by atoms with Gasteiger partial charge in [-0.3, -0.25) is 0 Å². The smallest absolute Gasteiger partial charge is 0.205 e. The van der Waals surface area contributed by atoms with Crippen LogP contribution in [0.15, 0.2) is 74.9 Å². The van der Waals surface area contributed by atoms with E-state index in [1.807, 2.05) is 18.2 Å². The van der Waals surface area contributed by atoms with E-state index < -0.39 is 0 Å². The van der Waals surface area contributed by atoms with E-state index in [1.54, 1.807) is 30.7 Å². The first-order valence-corrected chi connectivity index (χ1v) is 8.47. The van der Waals surface area contributed by atoms with Crippen molar-refractivity contribution in [2.24, 2.45) is 0 Å². The van der Waals surface area contributed by atoms with Crippen molar-refractivity contribution >= 4 is 11.8 Å². The van der Waals surface area contributed by atoms with Crippen molar-refractivity contribution in [2.75, 3.05) is 0 Å². The molecule has 0 saturated heterocycles. The van der Waals surface area contributed by atoms with Crippen LogP contribution in [0.5, 0.6) is 0 Å². The number of rotatable bonds is 5. The highest BCUT2D eigenvalue weighted by Crippen LogP contribution is 2.26. The molecule has 1 aromatic carbocycles. The topological polar surface area (TPSA) is 65.0 Å². The molecule has 5 nitrogen and oxygen atoms in total. The van der Waals surface area contributed by atoms with Crippen molar-refractivity contribution in [3.8, 4) is 22.8 Å². The highest BCUT2D eigenvalue weighted by Gasteiger charge is 2.09. The minimum Gasteiger partial charge on any atom is -0.463 e. The monoisotopic (exact) mass is 353 g/mol. The fourth-order valence-corrected chi connectivity index (χ4v) is 2.88. The number of halogens is 1. The van der Waals surface area contributed by atoms with Gasteiger partial charge in [-0.15, -0.1) is 10.2 Å². The fourth-order valence-electron chi connectivity index (χ4n) is 2.21. The minimum atomic E-state index is -0.282. The second-order valence-corrected chi connectivity index (χ2v) is 6.14. The van der Waals surface area contributed by atoms with E-state index in [0.717, 1.165) is 10.6 Å². The van der Waals surface area contributed by atoms with Gasteiger partial charge >= 0.3 is 0 Å². The van der Waals surface area contributed by atoms with Gasteiger partial charge < -0.3 is 8.83 Å². The first-order chi connectivity index (χ1) is 12.3. The Kier molecular flexibility index (Phi) is 4.30. The first kappa shape index (κ1) is 15.6. The maximum Gasteiger partial charge on any atom is 0.205 e. The summed E-state index contributed by atoms with van der Waals surface area (Å²) in [5.74, 6) is 2.10. The Hall–Kier alpha value is -2.93. The van der Waals surface area contributed by atoms with Gasteiger partial charge in [0.2, 0.25) is 5.89 Å². The third kappa shape index (κ3) is 3.61. The lowest BCUT2D eigenvalue weighted by Gasteiger charge is -1.99. The molecule has 0 atom stereocenters. The highest BCUT2D eigenvalue weighted by molar-refractivity contribution is 7.98. The molecule has 3 aromatic heterocycles. The number of hydrogen-bond donors (Lipinski definition) is 0. The van der Waals surface area contributed by atoms with E-state index in [2.05, 4.69) is 15.2 Å². The summed E-state index contributed by atoms with van der Waals surface area (Å²) < 4.78 is 23.9. The van der Waals surface area contributed by atoms with Crippen molar-refractivity contribution in [1.29, 1.82) is 0 Å². The summed E-state index contributed by atoms with van der Waals surface area (Å²) in [7, 11) is 0. The molecule has 0 unspecified atom stereocenters. The molecule has 0 aliphatic carbocycles. The summed E-state index contributed by atoms with van der Waals surface area (Å²) >= 11 is 1.47. The molecule has 4 rings (SSSR count). The Bertz CT molecular complexity index is 951. The number of hydrogen-bond acceptors (Lipinski definition) is 6. The molecule has 3 heterocycles. The predicted octanol–water partition coefficient (Wildman–Crippen LogP) is 4.82. The average Bonchev–Trinajstić information content (AvgIpc) is 3.33. The van der Waals surface area contributed by atoms with Crippen LogP contribution in [0.25, 0.3) is 22.8 Å². The third-order valence-corrected chi connectivity index (χ3v) is 4.34. The van der Waals surface area contributed by atoms with Crippen LogP contribution in [0.1, 0.15) is 5.89 Å². The van der Waals surface area contributed by atoms with Crippen LogP contribution in [0.4, 0.5) is 4.39 Å². The van der Waals surface area contributed by atoms with Crippen LogP contribution in [-0.2, 0) is 5.75 Å². The number of aromatic nitrogens is 3. The van der Waals surface area contributed by atoms with Gasteiger partial charge in [0.1, 0.15) is 16.5 Å². The number of oxazole rings is 1. The van der Waals surface area contributed by atoms with Gasteiger partial charge in [-0.05, 0) is 48.5 Å². The number of thioether (sulfide) groups is 1. The Balaban J connectivity index is 1.41. The molecule has 0 aliphatic heterocycles. The van der Waals surface area contributed by atoms with E-state index in [0.29, 0.717) is 28.9 Å². The molecule has 0 aliphatic rings. The van der Waals surface area contributed by atoms with Gasteiger partial charge in [-0.25, -0.2) is 9.37 Å². The zero-order chi connectivity index (χ0) is 17.1. The zero-order valence-electron chi connectivity index (χ0n) is 12.9. The summed E-state index contributed by atoms with van der Waals surface area (Å²) in [5.41, 5.74) is 1.47. The van der Waals surface area contributed by atoms with Crippen LogP contribution >= 0.6 is 11.8 Å². The molecule has 0 N–H and O–H groups in total. The summed E-state index contributed by atoms with van der Waals surface area (Å²) in [6.45, 7) is 0. The van der Waals surface area contributed by atoms with Gasteiger partial charge in [0.05, 0.1) is 18.2 Å². The molecule has 0 radical (unpaired) electrons. The minimum absolute atomic E-state index is 0.282. The maximum absolute atomic E-state index is 13.0. The van der Waals surface area contributed by atoms with Gasteiger partial charge in [0.25, 0.3) is 0 Å². The second kappa shape index (κ2) is 6.90. The molecule has 0 bridgehead atoms. The Labute approximate surface area is 146 Å². The third-order valence-electron chi connectivity index (χ3n) is 3.44. The van der Waals surface area contributed by atoms with Crippen LogP contribution in [0.2, 0.25) is 0 Å². The van der Waals surface area contributed by atoms with E-state index >= 15 is 0 Å². The zero-order valence-corrected chi connectivity index (χ0v) is 13.7. The van der Waals surface area contributed by atoms with Crippen LogP contribution < -0.4 is 0 Å². The standard InChI is InChI=1S/C18H12FN3O2S/c19-13-5-3-12(4-6-13)16-10-20-17(24-16)11-25-18-8-7-14(21-22-18)15-2-1-9-23-15/h1-10H,11H2. The lowest BCUT2D eigenvalue weighted by atomic mass is 10.2. The molecular weight excluding hydrogens is 341 g/mol. The molecule has 0 fully saturated rings. The summed E-state index contributed by atoms with van der Waals surface area (Å²) in [6.07, 6.45) is 3.23. The van der Waals surface area contributed by atoms with Gasteiger partial charge in [0.15, 0.2) is 11.5 Å². The van der Waals surface area contributed by atoms with E-state index in [9.17, 15) is 4.39 Å². The molecule has 0 saturated carbocycles. The van der Waals surface area contributed by atoms with Crippen LogP contribution in [-0.4, -0.2) is 15.2 Å². The normalized spacial score (nSPS) is 10.9. The Morgan fingerprint density at radius 2 is 1.84 bits per heavy atom. The maximum atomic E-state index is 13.0. The predicted molar refractivity (Wildman–Crippen MR) is 91.2 cm³/mol. The van der Waals surface area contributed by atoms with Crippen molar-refractivity contribution in [1.82, 2.24) is 15.2 Å². The lowest BCUT2D eigenvalue weighted by Crippen LogP contribution is -1.89. The Morgan fingerprint density at radius 3 is 2.56 bits per heavy atom. The Morgan fingerprint density at radius 1 is 0.960 bits per heavy atom. The molecule has 0 spiro atoms. The largest absolute Gasteiger partial charge is 0.463 e. The van der Waals surface area contributed by atoms with E-state index in [4.69, 9.17) is 8.83 Å². The molecule has 0 amide bonds. The summed E-state index contributed by atoms with van der Waals surface area (Å²) in [5, 5.41) is 9.07. The molecule has 25 heavy (non-hydrogen) atoms. The van der Waals surface area contributed by atoms with Crippen molar-refractivity contribution < 1.29 is 13.2 Å². The highest BCUT2D eigenvalue weighted by atomic mass is 32.2. The van der Waals surface area contributed by atoms with Gasteiger partial charge in [0, 0.05) is 5.56 Å². The van der Waals surface area contributed by atoms with Gasteiger partial charge in [-0.2, -0.15) is 0 Å². The van der Waals surface area contributed by atoms with Gasteiger partial charge in [-0.1, -0.05) is 11.8 Å². The number of nitrogens with zero attached hydrogens (tertiary/aromatic N) is 3. The fraction of sp³-hybridized carbons (Fsp3) is 0.0556. The number of benzene rings is 1. The van der Waals surface area contributed by atoms with E-state index in [-0.39, 0.29) is 5.82 Å². The van der Waals surface area contributed by atoms with Crippen molar-refractivity contribution in [3.05, 3.63) is 72.7 Å². The summed E-state index contributed by atoms with van der Waals surface area (Å²) in [6, 6.07) is 13.5. The molecular formula is C18H12FN3O2S. The van der Waals surface area contributed by atoms with Crippen molar-refractivity contribution in [3.63, 3.8) is 0 Å². The SMILES string of the molecule is Fc1ccc(-c2cnc(CSc3ccc(-c4ccco4)nn3)o2)cc1. The van der Waals surface area contributed by atoms with Crippen LogP contribution in [0, 0.1) is 5.82 Å². The first-order valence-electron chi connectivity index (χ1n) is 7.49. The van der Waals surface area contributed by atoms with Crippen molar-refractivity contribution in [2.45, 2.75) is 10.8 Å².